The minimum Gasteiger partial charge on any atom is -0.396 e. The molecule has 2 unspecified atom stereocenters. The molecule has 2 atom stereocenters. The van der Waals surface area contributed by atoms with Crippen molar-refractivity contribution in [3.8, 4) is 0 Å². The van der Waals surface area contributed by atoms with Gasteiger partial charge in [0.1, 0.15) is 6.10 Å². The molecule has 0 radical (unpaired) electrons. The molecule has 0 fully saturated rings. The van der Waals surface area contributed by atoms with E-state index in [0.29, 0.717) is 0 Å². The second-order valence-corrected chi connectivity index (χ2v) is 3.41. The monoisotopic (exact) mass is 228 g/mol. The summed E-state index contributed by atoms with van der Waals surface area (Å²) in [4.78, 5) is 0. The van der Waals surface area contributed by atoms with Gasteiger partial charge in [-0.1, -0.05) is 0 Å². The van der Waals surface area contributed by atoms with Crippen LogP contribution < -0.4 is 0 Å². The fourth-order valence-electron chi connectivity index (χ4n) is 0.977. The highest BCUT2D eigenvalue weighted by molar-refractivity contribution is 4.91. The largest absolute Gasteiger partial charge is 0.396 e. The van der Waals surface area contributed by atoms with Crippen molar-refractivity contribution in [1.29, 1.82) is 0 Å². The standard InChI is InChI=1S/C7H16O8/c8-1-6(2-9,3-10)4(11)5(12)7(13,14)15/h4-5,8-15H,1-3H2. The summed E-state index contributed by atoms with van der Waals surface area (Å²) in [7, 11) is 0. The third kappa shape index (κ3) is 3.06. The molecule has 0 aliphatic rings. The molecule has 15 heavy (non-hydrogen) atoms. The first-order chi connectivity index (χ1) is 6.75. The normalized spacial score (nSPS) is 17.6. The molecule has 0 aliphatic carbocycles. The molecule has 0 saturated carbocycles. The predicted octanol–water partition coefficient (Wildman–Crippen LogP) is -4.70. The summed E-state index contributed by atoms with van der Waals surface area (Å²) in [6.07, 6.45) is -4.60. The van der Waals surface area contributed by atoms with Crippen LogP contribution in [-0.4, -0.2) is 78.9 Å². The maximum Gasteiger partial charge on any atom is 0.305 e. The highest BCUT2D eigenvalue weighted by Crippen LogP contribution is 2.25. The summed E-state index contributed by atoms with van der Waals surface area (Å²) in [5.41, 5.74) is -1.95. The Kier molecular flexibility index (Phi) is 5.03. The Balaban J connectivity index is 4.86. The van der Waals surface area contributed by atoms with Gasteiger partial charge in [0.15, 0.2) is 6.10 Å². The zero-order valence-electron chi connectivity index (χ0n) is 7.85. The molecule has 0 bridgehead atoms. The Labute approximate surface area is 85.3 Å². The lowest BCUT2D eigenvalue weighted by molar-refractivity contribution is -0.374. The van der Waals surface area contributed by atoms with Crippen LogP contribution in [-0.2, 0) is 0 Å². The van der Waals surface area contributed by atoms with Crippen LogP contribution in [0.3, 0.4) is 0 Å². The number of hydrogen-bond donors (Lipinski definition) is 8. The summed E-state index contributed by atoms with van der Waals surface area (Å²) in [6, 6.07) is 0. The van der Waals surface area contributed by atoms with Crippen LogP contribution in [0.5, 0.6) is 0 Å². The molecule has 0 saturated heterocycles. The number of aliphatic hydroxyl groups excluding tert-OH is 5. The summed E-state index contributed by atoms with van der Waals surface area (Å²) in [5.74, 6) is -3.59. The van der Waals surface area contributed by atoms with Crippen LogP contribution in [0.1, 0.15) is 0 Å². The Morgan fingerprint density at radius 3 is 1.27 bits per heavy atom. The molecular formula is C7H16O8. The molecule has 0 aromatic rings. The number of rotatable bonds is 6. The minimum absolute atomic E-state index is 0.922. The first kappa shape index (κ1) is 14.7. The second kappa shape index (κ2) is 5.14. The molecule has 92 valence electrons. The van der Waals surface area contributed by atoms with E-state index >= 15 is 0 Å². The first-order valence-corrected chi connectivity index (χ1v) is 4.11. The third-order valence-electron chi connectivity index (χ3n) is 2.27. The van der Waals surface area contributed by atoms with Crippen LogP contribution in [0, 0.1) is 5.41 Å². The molecule has 0 rings (SSSR count). The molecule has 0 aromatic heterocycles. The summed E-state index contributed by atoms with van der Waals surface area (Å²) < 4.78 is 0. The molecule has 0 heterocycles. The Bertz CT molecular complexity index is 176. The quantitative estimate of drug-likeness (QED) is 0.210. The van der Waals surface area contributed by atoms with Crippen molar-refractivity contribution in [2.45, 2.75) is 18.2 Å². The highest BCUT2D eigenvalue weighted by Gasteiger charge is 2.48. The first-order valence-electron chi connectivity index (χ1n) is 4.11. The van der Waals surface area contributed by atoms with Gasteiger partial charge < -0.3 is 40.9 Å². The lowest BCUT2D eigenvalue weighted by Crippen LogP contribution is -2.58. The van der Waals surface area contributed by atoms with E-state index in [1.54, 1.807) is 0 Å². The zero-order valence-corrected chi connectivity index (χ0v) is 7.85. The number of hydrogen-bond acceptors (Lipinski definition) is 8. The van der Waals surface area contributed by atoms with Crippen molar-refractivity contribution in [2.24, 2.45) is 5.41 Å². The van der Waals surface area contributed by atoms with Crippen molar-refractivity contribution < 1.29 is 40.9 Å². The summed E-state index contributed by atoms with van der Waals surface area (Å²) >= 11 is 0. The van der Waals surface area contributed by atoms with E-state index in [1.165, 1.54) is 0 Å². The van der Waals surface area contributed by atoms with Gasteiger partial charge in [-0.15, -0.1) is 0 Å². The second-order valence-electron chi connectivity index (χ2n) is 3.41. The van der Waals surface area contributed by atoms with Gasteiger partial charge in [0.05, 0.1) is 25.2 Å². The fourth-order valence-corrected chi connectivity index (χ4v) is 0.977. The molecule has 0 spiro atoms. The van der Waals surface area contributed by atoms with Crippen molar-refractivity contribution in [3.05, 3.63) is 0 Å². The van der Waals surface area contributed by atoms with Gasteiger partial charge in [-0.25, -0.2) is 0 Å². The summed E-state index contributed by atoms with van der Waals surface area (Å²) in [6.45, 7) is -2.77. The minimum atomic E-state index is -3.59. The van der Waals surface area contributed by atoms with Crippen molar-refractivity contribution in [1.82, 2.24) is 0 Å². The van der Waals surface area contributed by atoms with Gasteiger partial charge in [-0.3, -0.25) is 0 Å². The lowest BCUT2D eigenvalue weighted by atomic mass is 9.81. The molecule has 8 N–H and O–H groups in total. The fraction of sp³-hybridized carbons (Fsp3) is 1.00. The molecule has 8 heteroatoms. The Morgan fingerprint density at radius 2 is 1.07 bits per heavy atom. The molecule has 8 nitrogen and oxygen atoms in total. The SMILES string of the molecule is OCC(CO)(CO)C(O)C(O)C(O)(O)O. The van der Waals surface area contributed by atoms with Crippen LogP contribution in [0.4, 0.5) is 0 Å². The van der Waals surface area contributed by atoms with E-state index in [1.807, 2.05) is 0 Å². The van der Waals surface area contributed by atoms with Crippen molar-refractivity contribution in [2.75, 3.05) is 19.8 Å². The van der Waals surface area contributed by atoms with Gasteiger partial charge in [0.25, 0.3) is 0 Å². The van der Waals surface area contributed by atoms with E-state index in [9.17, 15) is 5.11 Å². The molecule has 0 amide bonds. The van der Waals surface area contributed by atoms with Gasteiger partial charge in [0, 0.05) is 0 Å². The van der Waals surface area contributed by atoms with Crippen LogP contribution in [0.15, 0.2) is 0 Å². The van der Waals surface area contributed by atoms with Crippen LogP contribution in [0.2, 0.25) is 0 Å². The van der Waals surface area contributed by atoms with Crippen molar-refractivity contribution >= 4 is 0 Å². The highest BCUT2D eigenvalue weighted by atomic mass is 16.7. The molecular weight excluding hydrogens is 212 g/mol. The van der Waals surface area contributed by atoms with E-state index in [0.717, 1.165) is 0 Å². The molecule has 0 aliphatic heterocycles. The van der Waals surface area contributed by atoms with Gasteiger partial charge >= 0.3 is 5.97 Å². The predicted molar refractivity (Wildman–Crippen MR) is 45.1 cm³/mol. The van der Waals surface area contributed by atoms with Gasteiger partial charge in [0.2, 0.25) is 0 Å². The zero-order chi connectivity index (χ0) is 12.3. The third-order valence-corrected chi connectivity index (χ3v) is 2.27. The average molecular weight is 228 g/mol. The van der Waals surface area contributed by atoms with Crippen LogP contribution in [0.25, 0.3) is 0 Å². The number of aliphatic hydroxyl groups is 8. The van der Waals surface area contributed by atoms with Gasteiger partial charge in [-0.2, -0.15) is 0 Å². The Hall–Kier alpha value is -0.320. The summed E-state index contributed by atoms with van der Waals surface area (Å²) in [5, 5.41) is 70.6. The van der Waals surface area contributed by atoms with E-state index in [4.69, 9.17) is 35.7 Å². The van der Waals surface area contributed by atoms with Crippen LogP contribution >= 0.6 is 0 Å². The van der Waals surface area contributed by atoms with Crippen molar-refractivity contribution in [3.63, 3.8) is 0 Å². The maximum absolute atomic E-state index is 9.35. The lowest BCUT2D eigenvalue weighted by Gasteiger charge is -2.37. The average Bonchev–Trinajstić information content (AvgIpc) is 2.18. The Morgan fingerprint density at radius 1 is 0.733 bits per heavy atom. The van der Waals surface area contributed by atoms with E-state index < -0.39 is 43.4 Å². The van der Waals surface area contributed by atoms with E-state index in [2.05, 4.69) is 0 Å². The van der Waals surface area contributed by atoms with Gasteiger partial charge in [-0.05, 0) is 0 Å². The molecule has 0 aromatic carbocycles. The maximum atomic E-state index is 9.35. The smallest absolute Gasteiger partial charge is 0.305 e. The van der Waals surface area contributed by atoms with E-state index in [-0.39, 0.29) is 0 Å². The topological polar surface area (TPSA) is 162 Å².